The van der Waals surface area contributed by atoms with Crippen molar-refractivity contribution < 1.29 is 22.7 Å². The quantitative estimate of drug-likeness (QED) is 0.728. The van der Waals surface area contributed by atoms with Gasteiger partial charge < -0.3 is 14.8 Å². The Bertz CT molecular complexity index is 943. The number of nitrogens with zero attached hydrogens (tertiary/aromatic N) is 1. The van der Waals surface area contributed by atoms with Crippen LogP contribution in [0.3, 0.4) is 0 Å². The van der Waals surface area contributed by atoms with Gasteiger partial charge in [-0.05, 0) is 31.5 Å². The first kappa shape index (κ1) is 21.6. The Hall–Kier alpha value is -2.74. The summed E-state index contributed by atoms with van der Waals surface area (Å²) in [5, 5.41) is 2.80. The normalized spacial score (nSPS) is 12.2. The smallest absolute Gasteiger partial charge is 0.243 e. The third kappa shape index (κ3) is 5.16. The fourth-order valence-electron chi connectivity index (χ4n) is 2.91. The van der Waals surface area contributed by atoms with E-state index in [-0.39, 0.29) is 5.69 Å². The number of nitrogens with one attached hydrogen (secondary N) is 1. The lowest BCUT2D eigenvalue weighted by atomic mass is 10.1. The highest BCUT2D eigenvalue weighted by molar-refractivity contribution is 7.92. The Balaban J connectivity index is 2.31. The molecule has 0 radical (unpaired) electrons. The minimum absolute atomic E-state index is 0.238. The van der Waals surface area contributed by atoms with E-state index in [0.29, 0.717) is 18.0 Å². The summed E-state index contributed by atoms with van der Waals surface area (Å²) in [6.07, 6.45) is 1.05. The van der Waals surface area contributed by atoms with E-state index in [2.05, 4.69) is 5.32 Å². The summed E-state index contributed by atoms with van der Waals surface area (Å²) in [5.41, 5.74) is 2.26. The van der Waals surface area contributed by atoms with Crippen molar-refractivity contribution in [3.05, 3.63) is 53.6 Å². The predicted molar refractivity (Wildman–Crippen MR) is 109 cm³/mol. The van der Waals surface area contributed by atoms with E-state index in [1.54, 1.807) is 12.1 Å². The van der Waals surface area contributed by atoms with Crippen LogP contribution < -0.4 is 19.1 Å². The van der Waals surface area contributed by atoms with Gasteiger partial charge in [0.2, 0.25) is 15.9 Å². The monoisotopic (exact) mass is 406 g/mol. The van der Waals surface area contributed by atoms with Gasteiger partial charge in [0.1, 0.15) is 17.5 Å². The lowest BCUT2D eigenvalue weighted by Gasteiger charge is -2.29. The van der Waals surface area contributed by atoms with Crippen molar-refractivity contribution in [3.63, 3.8) is 0 Å². The third-order valence-corrected chi connectivity index (χ3v) is 5.49. The van der Waals surface area contributed by atoms with Crippen molar-refractivity contribution in [1.82, 2.24) is 5.32 Å². The van der Waals surface area contributed by atoms with Crippen molar-refractivity contribution in [1.29, 1.82) is 0 Å². The van der Waals surface area contributed by atoms with Crippen LogP contribution in [0.5, 0.6) is 11.5 Å². The minimum Gasteiger partial charge on any atom is -0.497 e. The molecule has 28 heavy (non-hydrogen) atoms. The maximum absolute atomic E-state index is 12.7. The second-order valence-corrected chi connectivity index (χ2v) is 8.34. The van der Waals surface area contributed by atoms with Gasteiger partial charge in [-0.25, -0.2) is 8.42 Å². The molecule has 0 aliphatic heterocycles. The Morgan fingerprint density at radius 1 is 1.14 bits per heavy atom. The van der Waals surface area contributed by atoms with Crippen LogP contribution in [-0.4, -0.2) is 40.8 Å². The topological polar surface area (TPSA) is 84.9 Å². The standard InChI is InChI=1S/C20H26N2O5S/c1-14-7-6-8-16(11-14)13-21-20(23)15(2)22(28(5,24)25)18-12-17(26-3)9-10-19(18)27-4/h6-12,15H,13H2,1-5H3,(H,21,23). The summed E-state index contributed by atoms with van der Waals surface area (Å²) in [6, 6.07) is 11.5. The van der Waals surface area contributed by atoms with E-state index in [1.807, 2.05) is 31.2 Å². The van der Waals surface area contributed by atoms with Crippen LogP contribution in [0.15, 0.2) is 42.5 Å². The average molecular weight is 407 g/mol. The minimum atomic E-state index is -3.77. The van der Waals surface area contributed by atoms with Gasteiger partial charge in [0.15, 0.2) is 0 Å². The van der Waals surface area contributed by atoms with Gasteiger partial charge in [-0.15, -0.1) is 0 Å². The molecule has 2 aromatic carbocycles. The van der Waals surface area contributed by atoms with Crippen LogP contribution in [0, 0.1) is 6.92 Å². The molecule has 0 aliphatic carbocycles. The van der Waals surface area contributed by atoms with Crippen LogP contribution >= 0.6 is 0 Å². The molecule has 0 saturated heterocycles. The van der Waals surface area contributed by atoms with Gasteiger partial charge in [0, 0.05) is 12.6 Å². The molecule has 0 bridgehead atoms. The van der Waals surface area contributed by atoms with E-state index >= 15 is 0 Å². The molecule has 0 saturated carbocycles. The molecule has 0 heterocycles. The SMILES string of the molecule is COc1ccc(OC)c(N(C(C)C(=O)NCc2cccc(C)c2)S(C)(=O)=O)c1. The highest BCUT2D eigenvalue weighted by Gasteiger charge is 2.31. The van der Waals surface area contributed by atoms with Crippen LogP contribution in [0.25, 0.3) is 0 Å². The fourth-order valence-corrected chi connectivity index (χ4v) is 4.08. The number of methoxy groups -OCH3 is 2. The molecule has 0 aliphatic rings. The van der Waals surface area contributed by atoms with Gasteiger partial charge in [-0.2, -0.15) is 0 Å². The number of hydrogen-bond acceptors (Lipinski definition) is 5. The maximum atomic E-state index is 12.7. The molecule has 1 atom stereocenters. The molecule has 8 heteroatoms. The molecular formula is C20H26N2O5S. The zero-order valence-corrected chi connectivity index (χ0v) is 17.5. The van der Waals surface area contributed by atoms with Crippen molar-refractivity contribution >= 4 is 21.6 Å². The number of carbonyl (C=O) groups is 1. The van der Waals surface area contributed by atoms with Crippen LogP contribution in [0.2, 0.25) is 0 Å². The van der Waals surface area contributed by atoms with Crippen molar-refractivity contribution in [3.8, 4) is 11.5 Å². The predicted octanol–water partition coefficient (Wildman–Crippen LogP) is 2.48. The van der Waals surface area contributed by atoms with Crippen LogP contribution in [0.4, 0.5) is 5.69 Å². The van der Waals surface area contributed by atoms with E-state index in [9.17, 15) is 13.2 Å². The molecule has 7 nitrogen and oxygen atoms in total. The number of amides is 1. The molecule has 0 aromatic heterocycles. The zero-order valence-electron chi connectivity index (χ0n) is 16.7. The number of ether oxygens (including phenoxy) is 2. The fraction of sp³-hybridized carbons (Fsp3) is 0.350. The maximum Gasteiger partial charge on any atom is 0.243 e. The van der Waals surface area contributed by atoms with Crippen molar-refractivity contribution in [2.45, 2.75) is 26.4 Å². The summed E-state index contributed by atoms with van der Waals surface area (Å²) in [7, 11) is -0.853. The molecule has 152 valence electrons. The van der Waals surface area contributed by atoms with Gasteiger partial charge in [-0.1, -0.05) is 29.8 Å². The van der Waals surface area contributed by atoms with Crippen molar-refractivity contribution in [2.75, 3.05) is 24.8 Å². The van der Waals surface area contributed by atoms with Gasteiger partial charge >= 0.3 is 0 Å². The molecule has 1 unspecified atom stereocenters. The summed E-state index contributed by atoms with van der Waals surface area (Å²) in [5.74, 6) is 0.359. The molecule has 1 amide bonds. The molecular weight excluding hydrogens is 380 g/mol. The van der Waals surface area contributed by atoms with E-state index < -0.39 is 22.0 Å². The Kier molecular flexibility index (Phi) is 6.90. The summed E-state index contributed by atoms with van der Waals surface area (Å²) in [6.45, 7) is 3.80. The van der Waals surface area contributed by atoms with Crippen LogP contribution in [0.1, 0.15) is 18.1 Å². The Morgan fingerprint density at radius 3 is 2.43 bits per heavy atom. The lowest BCUT2D eigenvalue weighted by molar-refractivity contribution is -0.122. The second-order valence-electron chi connectivity index (χ2n) is 6.48. The number of sulfonamides is 1. The number of anilines is 1. The number of benzene rings is 2. The summed E-state index contributed by atoms with van der Waals surface area (Å²) >= 11 is 0. The molecule has 2 aromatic rings. The second kappa shape index (κ2) is 8.97. The van der Waals surface area contributed by atoms with Gasteiger partial charge in [-0.3, -0.25) is 9.10 Å². The highest BCUT2D eigenvalue weighted by atomic mass is 32.2. The van der Waals surface area contributed by atoms with Crippen molar-refractivity contribution in [2.24, 2.45) is 0 Å². The number of carbonyl (C=O) groups excluding carboxylic acids is 1. The van der Waals surface area contributed by atoms with Crippen LogP contribution in [-0.2, 0) is 21.4 Å². The number of rotatable bonds is 8. The first-order valence-corrected chi connectivity index (χ1v) is 10.6. The molecule has 0 fully saturated rings. The van der Waals surface area contributed by atoms with E-state index in [4.69, 9.17) is 9.47 Å². The first-order valence-electron chi connectivity index (χ1n) is 8.72. The number of aryl methyl sites for hydroxylation is 1. The molecule has 2 rings (SSSR count). The molecule has 0 spiro atoms. The average Bonchev–Trinajstić information content (AvgIpc) is 2.65. The van der Waals surface area contributed by atoms with E-state index in [0.717, 1.165) is 21.7 Å². The highest BCUT2D eigenvalue weighted by Crippen LogP contribution is 2.35. The molecule has 1 N–H and O–H groups in total. The van der Waals surface area contributed by atoms with Gasteiger partial charge in [0.05, 0.1) is 26.2 Å². The zero-order chi connectivity index (χ0) is 20.9. The number of hydrogen-bond donors (Lipinski definition) is 1. The Morgan fingerprint density at radius 2 is 1.86 bits per heavy atom. The lowest BCUT2D eigenvalue weighted by Crippen LogP contribution is -2.47. The van der Waals surface area contributed by atoms with Gasteiger partial charge in [0.25, 0.3) is 0 Å². The van der Waals surface area contributed by atoms with E-state index in [1.165, 1.54) is 27.2 Å². The first-order chi connectivity index (χ1) is 13.2. The Labute approximate surface area is 166 Å². The third-order valence-electron chi connectivity index (χ3n) is 4.26. The summed E-state index contributed by atoms with van der Waals surface area (Å²) in [4.78, 5) is 12.7. The summed E-state index contributed by atoms with van der Waals surface area (Å²) < 4.78 is 36.6. The largest absolute Gasteiger partial charge is 0.497 e.